The van der Waals surface area contributed by atoms with Crippen LogP contribution in [0.25, 0.3) is 10.9 Å². The third kappa shape index (κ3) is 8.85. The summed E-state index contributed by atoms with van der Waals surface area (Å²) in [4.78, 5) is 69.8. The van der Waals surface area contributed by atoms with Crippen molar-refractivity contribution in [1.29, 1.82) is 0 Å². The Bertz CT molecular complexity index is 2470. The lowest BCUT2D eigenvalue weighted by atomic mass is 9.98. The van der Waals surface area contributed by atoms with E-state index in [-0.39, 0.29) is 62.1 Å². The molecule has 64 heavy (non-hydrogen) atoms. The van der Waals surface area contributed by atoms with Gasteiger partial charge in [0, 0.05) is 76.9 Å². The highest BCUT2D eigenvalue weighted by atomic mass is 16.5. The van der Waals surface area contributed by atoms with Gasteiger partial charge in [0.1, 0.15) is 23.8 Å². The largest absolute Gasteiger partial charge is 0.508 e. The lowest BCUT2D eigenvalue weighted by Gasteiger charge is -2.55. The molecule has 5 aromatic rings. The number of amides is 5. The number of rotatable bonds is 11. The predicted octanol–water partition coefficient (Wildman–Crippen LogP) is 4.40. The molecular formula is C48H56N10O6. The molecule has 16 heteroatoms. The van der Waals surface area contributed by atoms with E-state index in [1.165, 1.54) is 0 Å². The van der Waals surface area contributed by atoms with Crippen molar-refractivity contribution in [2.24, 2.45) is 7.05 Å². The van der Waals surface area contributed by atoms with E-state index in [0.717, 1.165) is 85.6 Å². The Morgan fingerprint density at radius 2 is 1.66 bits per heavy atom. The average molecular weight is 869 g/mol. The number of pyridine rings is 1. The van der Waals surface area contributed by atoms with Crippen molar-refractivity contribution >= 4 is 46.2 Å². The van der Waals surface area contributed by atoms with Gasteiger partial charge in [-0.15, -0.1) is 0 Å². The highest BCUT2D eigenvalue weighted by Gasteiger charge is 2.51. The van der Waals surface area contributed by atoms with Crippen molar-refractivity contribution in [1.82, 2.24) is 39.6 Å². The smallest absolute Gasteiger partial charge is 0.334 e. The molecule has 16 nitrogen and oxygen atoms in total. The van der Waals surface area contributed by atoms with Crippen LogP contribution in [0.1, 0.15) is 46.8 Å². The number of phenolic OH excluding ortho intramolecular Hbond substituents is 1. The van der Waals surface area contributed by atoms with Crippen LogP contribution in [-0.2, 0) is 40.9 Å². The number of aromatic hydroxyl groups is 1. The molecule has 0 bridgehead atoms. The molecule has 2 aromatic heterocycles. The number of piperidine rings is 1. The van der Waals surface area contributed by atoms with E-state index >= 15 is 0 Å². The van der Waals surface area contributed by atoms with Crippen LogP contribution < -0.4 is 15.5 Å². The SMILES string of the molecule is CCN1CC(=O)N2C(CN(Cc3cccc4c(C(=O)Nc5ccc(N6CCC(N7CCOCC7)CC6)nc5)cn(C)c34)C(=O)[C@@H]2Cc2ccc(O)cc2)N1C(=O)NCc1ccccc1. The minimum Gasteiger partial charge on any atom is -0.508 e. The maximum atomic E-state index is 14.7. The van der Waals surface area contributed by atoms with E-state index in [2.05, 4.69) is 20.4 Å². The van der Waals surface area contributed by atoms with Crippen LogP contribution in [0.2, 0.25) is 0 Å². The molecule has 4 fully saturated rings. The number of aromatic nitrogens is 2. The maximum absolute atomic E-state index is 14.7. The molecule has 3 aromatic carbocycles. The van der Waals surface area contributed by atoms with Crippen molar-refractivity contribution < 1.29 is 29.0 Å². The van der Waals surface area contributed by atoms with E-state index in [1.54, 1.807) is 56.5 Å². The average Bonchev–Trinajstić information content (AvgIpc) is 3.67. The number of phenols is 1. The van der Waals surface area contributed by atoms with Crippen LogP contribution in [0.4, 0.5) is 16.3 Å². The van der Waals surface area contributed by atoms with E-state index < -0.39 is 12.2 Å². The van der Waals surface area contributed by atoms with Gasteiger partial charge in [-0.25, -0.2) is 19.8 Å². The molecule has 4 aliphatic rings. The number of morpholine rings is 1. The first kappa shape index (κ1) is 42.8. The lowest BCUT2D eigenvalue weighted by molar-refractivity contribution is -0.190. The summed E-state index contributed by atoms with van der Waals surface area (Å²) in [5, 5.41) is 20.2. The molecule has 9 rings (SSSR count). The number of urea groups is 1. The number of carbonyl (C=O) groups excluding carboxylic acids is 4. The zero-order valence-corrected chi connectivity index (χ0v) is 36.4. The third-order valence-electron chi connectivity index (χ3n) is 13.1. The number of aryl methyl sites for hydroxylation is 1. The lowest BCUT2D eigenvalue weighted by Crippen LogP contribution is -2.76. The molecule has 0 radical (unpaired) electrons. The first-order valence-electron chi connectivity index (χ1n) is 22.3. The number of carbonyl (C=O) groups is 4. The van der Waals surface area contributed by atoms with Crippen LogP contribution in [0, 0.1) is 0 Å². The fourth-order valence-electron chi connectivity index (χ4n) is 9.83. The summed E-state index contributed by atoms with van der Waals surface area (Å²) in [5.41, 5.74) is 4.36. The number of anilines is 2. The van der Waals surface area contributed by atoms with E-state index in [1.807, 2.05) is 79.2 Å². The molecule has 334 valence electrons. The summed E-state index contributed by atoms with van der Waals surface area (Å²) >= 11 is 0. The molecule has 6 heterocycles. The third-order valence-corrected chi connectivity index (χ3v) is 13.1. The summed E-state index contributed by atoms with van der Waals surface area (Å²) in [6, 6.07) is 25.1. The topological polar surface area (TPSA) is 159 Å². The van der Waals surface area contributed by atoms with Crippen LogP contribution in [0.5, 0.6) is 5.75 Å². The second-order valence-corrected chi connectivity index (χ2v) is 17.0. The van der Waals surface area contributed by atoms with Crippen molar-refractivity contribution in [3.63, 3.8) is 0 Å². The highest BCUT2D eigenvalue weighted by molar-refractivity contribution is 6.13. The molecule has 3 N–H and O–H groups in total. The number of hydrazine groups is 1. The van der Waals surface area contributed by atoms with Crippen LogP contribution in [-0.4, -0.2) is 140 Å². The number of benzene rings is 3. The fraction of sp³-hybridized carbons (Fsp3) is 0.396. The molecule has 4 aliphatic heterocycles. The summed E-state index contributed by atoms with van der Waals surface area (Å²) in [7, 11) is 1.88. The zero-order valence-electron chi connectivity index (χ0n) is 36.4. The standard InChI is InChI=1S/C48H56N10O6/c1-3-56-32-44(60)57-41(26-33-12-15-38(59)16-13-33)47(62)55(31-43(57)58(56)48(63)50-27-34-8-5-4-6-9-34)29-35-10-7-11-39-40(30-52(2)45(35)39)46(61)51-36-14-17-42(49-28-36)54-20-18-37(19-21-54)53-22-24-64-25-23-53/h4-17,28,30,37,41,43,59H,3,18-27,29,31-32H2,1-2H3,(H,50,63)(H,51,61)/t41-,43?/m0/s1. The normalized spacial score (nSPS) is 20.2. The number of likely N-dealkylation sites (N-methyl/N-ethyl adjacent to an activating group) is 1. The Morgan fingerprint density at radius 3 is 2.38 bits per heavy atom. The van der Waals surface area contributed by atoms with Gasteiger partial charge in [-0.3, -0.25) is 19.3 Å². The molecule has 2 atom stereocenters. The quantitative estimate of drug-likeness (QED) is 0.174. The number of para-hydroxylation sites is 1. The summed E-state index contributed by atoms with van der Waals surface area (Å²) in [5.74, 6) is 0.208. The van der Waals surface area contributed by atoms with Gasteiger partial charge in [0.05, 0.1) is 49.3 Å². The fourth-order valence-corrected chi connectivity index (χ4v) is 9.83. The van der Waals surface area contributed by atoms with Crippen molar-refractivity contribution in [3.8, 4) is 5.75 Å². The Morgan fingerprint density at radius 1 is 0.891 bits per heavy atom. The number of hydrogen-bond donors (Lipinski definition) is 3. The van der Waals surface area contributed by atoms with E-state index in [0.29, 0.717) is 23.8 Å². The molecule has 0 saturated carbocycles. The number of nitrogens with zero attached hydrogens (tertiary/aromatic N) is 8. The Balaban J connectivity index is 0.943. The Hall–Kier alpha value is -6.49. The highest BCUT2D eigenvalue weighted by Crippen LogP contribution is 2.32. The van der Waals surface area contributed by atoms with Gasteiger partial charge >= 0.3 is 6.03 Å². The number of hydrogen-bond acceptors (Lipinski definition) is 10. The van der Waals surface area contributed by atoms with Crippen LogP contribution >= 0.6 is 0 Å². The second-order valence-electron chi connectivity index (χ2n) is 17.0. The zero-order chi connectivity index (χ0) is 44.3. The molecule has 4 saturated heterocycles. The summed E-state index contributed by atoms with van der Waals surface area (Å²) < 4.78 is 7.45. The van der Waals surface area contributed by atoms with E-state index in [4.69, 9.17) is 9.72 Å². The second kappa shape index (κ2) is 18.7. The van der Waals surface area contributed by atoms with Crippen molar-refractivity contribution in [2.45, 2.75) is 57.5 Å². The summed E-state index contributed by atoms with van der Waals surface area (Å²) in [6.07, 6.45) is 5.05. The first-order valence-corrected chi connectivity index (χ1v) is 22.3. The number of piperazine rings is 1. The number of nitrogens with one attached hydrogen (secondary N) is 2. The predicted molar refractivity (Wildman–Crippen MR) is 242 cm³/mol. The monoisotopic (exact) mass is 868 g/mol. The Labute approximate surface area is 372 Å². The van der Waals surface area contributed by atoms with Crippen LogP contribution in [0.15, 0.2) is 97.3 Å². The van der Waals surface area contributed by atoms with Gasteiger partial charge < -0.3 is 39.7 Å². The summed E-state index contributed by atoms with van der Waals surface area (Å²) in [6.45, 7) is 8.20. The van der Waals surface area contributed by atoms with Gasteiger partial charge in [-0.2, -0.15) is 0 Å². The number of fused-ring (bicyclic) bond motifs is 2. The van der Waals surface area contributed by atoms with E-state index in [9.17, 15) is 24.3 Å². The van der Waals surface area contributed by atoms with Gasteiger partial charge in [0.25, 0.3) is 5.91 Å². The van der Waals surface area contributed by atoms with Gasteiger partial charge in [0.15, 0.2) is 0 Å². The van der Waals surface area contributed by atoms with Crippen LogP contribution in [0.3, 0.4) is 0 Å². The van der Waals surface area contributed by atoms with Crippen molar-refractivity contribution in [3.05, 3.63) is 120 Å². The molecule has 1 unspecified atom stereocenters. The minimum absolute atomic E-state index is 0.0621. The van der Waals surface area contributed by atoms with Crippen molar-refractivity contribution in [2.75, 3.05) is 69.2 Å². The molecule has 5 amide bonds. The van der Waals surface area contributed by atoms with Gasteiger partial charge in [-0.1, -0.05) is 67.6 Å². The van der Waals surface area contributed by atoms with Gasteiger partial charge in [0.2, 0.25) is 11.8 Å². The molecular weight excluding hydrogens is 813 g/mol. The molecule has 0 spiro atoms. The first-order chi connectivity index (χ1) is 31.1. The maximum Gasteiger partial charge on any atom is 0.334 e. The Kier molecular flexibility index (Phi) is 12.5. The van der Waals surface area contributed by atoms with Gasteiger partial charge in [-0.05, 0) is 53.8 Å². The number of ether oxygens (including phenoxy) is 1. The minimum atomic E-state index is -0.921. The molecule has 0 aliphatic carbocycles.